The Morgan fingerprint density at radius 1 is 1.25 bits per heavy atom. The van der Waals surface area contributed by atoms with Crippen LogP contribution in [0.3, 0.4) is 0 Å². The van der Waals surface area contributed by atoms with E-state index in [1.54, 1.807) is 0 Å². The summed E-state index contributed by atoms with van der Waals surface area (Å²) in [5.41, 5.74) is 4.06. The molecule has 0 saturated heterocycles. The molecule has 1 aromatic carbocycles. The molecule has 0 heteroatoms. The van der Waals surface area contributed by atoms with Crippen molar-refractivity contribution in [2.45, 2.75) is 27.2 Å². The first kappa shape index (κ1) is 9.05. The van der Waals surface area contributed by atoms with Crippen molar-refractivity contribution >= 4 is 6.08 Å². The van der Waals surface area contributed by atoms with Crippen LogP contribution in [0.25, 0.3) is 6.08 Å². The highest BCUT2D eigenvalue weighted by Crippen LogP contribution is 2.09. The van der Waals surface area contributed by atoms with Crippen molar-refractivity contribution in [2.24, 2.45) is 0 Å². The number of allylic oxidation sites excluding steroid dienone is 1. The molecule has 0 fully saturated rings. The SMILES string of the molecule is CC/C(C)=C\c1ccc(C)cc1. The third-order valence-corrected chi connectivity index (χ3v) is 2.05. The van der Waals surface area contributed by atoms with Gasteiger partial charge in [0.25, 0.3) is 0 Å². The van der Waals surface area contributed by atoms with E-state index in [0.29, 0.717) is 0 Å². The second-order valence-corrected chi connectivity index (χ2v) is 3.25. The molecule has 0 atom stereocenters. The Balaban J connectivity index is 2.84. The molecule has 0 aromatic heterocycles. The summed E-state index contributed by atoms with van der Waals surface area (Å²) in [5.74, 6) is 0. The van der Waals surface area contributed by atoms with Gasteiger partial charge in [0.05, 0.1) is 0 Å². The highest BCUT2D eigenvalue weighted by molar-refractivity contribution is 5.52. The molecule has 0 nitrogen and oxygen atoms in total. The van der Waals surface area contributed by atoms with Crippen LogP contribution >= 0.6 is 0 Å². The number of aryl methyl sites for hydroxylation is 1. The maximum Gasteiger partial charge on any atom is -0.0257 e. The van der Waals surface area contributed by atoms with Crippen LogP contribution in [-0.2, 0) is 0 Å². The maximum absolute atomic E-state index is 2.24. The van der Waals surface area contributed by atoms with Gasteiger partial charge in [-0.15, -0.1) is 0 Å². The molecular weight excluding hydrogens is 144 g/mol. The second kappa shape index (κ2) is 4.10. The maximum atomic E-state index is 2.24. The van der Waals surface area contributed by atoms with Gasteiger partial charge in [-0.25, -0.2) is 0 Å². The Labute approximate surface area is 74.9 Å². The molecule has 0 unspecified atom stereocenters. The zero-order chi connectivity index (χ0) is 8.97. The zero-order valence-corrected chi connectivity index (χ0v) is 8.09. The average Bonchev–Trinajstić information content (AvgIpc) is 2.09. The summed E-state index contributed by atoms with van der Waals surface area (Å²) in [5, 5.41) is 0. The summed E-state index contributed by atoms with van der Waals surface area (Å²) >= 11 is 0. The first-order chi connectivity index (χ1) is 5.72. The molecule has 0 aliphatic rings. The Bertz CT molecular complexity index is 265. The highest BCUT2D eigenvalue weighted by atomic mass is 13.9. The normalized spacial score (nSPS) is 11.8. The predicted molar refractivity (Wildman–Crippen MR) is 55.1 cm³/mol. The van der Waals surface area contributed by atoms with Crippen LogP contribution in [0.1, 0.15) is 31.4 Å². The number of benzene rings is 1. The van der Waals surface area contributed by atoms with E-state index in [2.05, 4.69) is 51.1 Å². The lowest BCUT2D eigenvalue weighted by atomic mass is 10.1. The third-order valence-electron chi connectivity index (χ3n) is 2.05. The Morgan fingerprint density at radius 2 is 1.83 bits per heavy atom. The topological polar surface area (TPSA) is 0 Å². The molecule has 0 N–H and O–H groups in total. The van der Waals surface area contributed by atoms with E-state index in [9.17, 15) is 0 Å². The lowest BCUT2D eigenvalue weighted by molar-refractivity contribution is 1.11. The van der Waals surface area contributed by atoms with Gasteiger partial charge in [-0.3, -0.25) is 0 Å². The first-order valence-electron chi connectivity index (χ1n) is 4.46. The lowest BCUT2D eigenvalue weighted by Crippen LogP contribution is -1.76. The van der Waals surface area contributed by atoms with E-state index in [4.69, 9.17) is 0 Å². The number of hydrogen-bond acceptors (Lipinski definition) is 0. The molecule has 0 saturated carbocycles. The summed E-state index contributed by atoms with van der Waals surface area (Å²) < 4.78 is 0. The average molecular weight is 160 g/mol. The van der Waals surface area contributed by atoms with Gasteiger partial charge in [0.2, 0.25) is 0 Å². The van der Waals surface area contributed by atoms with Gasteiger partial charge in [0, 0.05) is 0 Å². The molecule has 0 aliphatic heterocycles. The standard InChI is InChI=1S/C12H16/c1-4-10(2)9-12-7-5-11(3)6-8-12/h5-9H,4H2,1-3H3/b10-9-. The summed E-state index contributed by atoms with van der Waals surface area (Å²) in [6, 6.07) is 8.62. The Hall–Kier alpha value is -1.04. The lowest BCUT2D eigenvalue weighted by Gasteiger charge is -1.97. The molecule has 0 heterocycles. The van der Waals surface area contributed by atoms with Gasteiger partial charge in [0.15, 0.2) is 0 Å². The fourth-order valence-corrected chi connectivity index (χ4v) is 1.05. The van der Waals surface area contributed by atoms with E-state index < -0.39 is 0 Å². The van der Waals surface area contributed by atoms with Crippen LogP contribution in [0.15, 0.2) is 29.8 Å². The van der Waals surface area contributed by atoms with Gasteiger partial charge in [-0.05, 0) is 25.8 Å². The molecule has 12 heavy (non-hydrogen) atoms. The van der Waals surface area contributed by atoms with Crippen LogP contribution < -0.4 is 0 Å². The molecule has 0 bridgehead atoms. The van der Waals surface area contributed by atoms with E-state index >= 15 is 0 Å². The minimum absolute atomic E-state index is 1.13. The predicted octanol–water partition coefficient (Wildman–Crippen LogP) is 3.81. The van der Waals surface area contributed by atoms with Crippen molar-refractivity contribution in [3.63, 3.8) is 0 Å². The van der Waals surface area contributed by atoms with Crippen LogP contribution in [-0.4, -0.2) is 0 Å². The van der Waals surface area contributed by atoms with Gasteiger partial charge in [-0.2, -0.15) is 0 Å². The van der Waals surface area contributed by atoms with Crippen molar-refractivity contribution < 1.29 is 0 Å². The fraction of sp³-hybridized carbons (Fsp3) is 0.333. The van der Waals surface area contributed by atoms with Gasteiger partial charge in [0.1, 0.15) is 0 Å². The number of hydrogen-bond donors (Lipinski definition) is 0. The summed E-state index contributed by atoms with van der Waals surface area (Å²) in [4.78, 5) is 0. The third kappa shape index (κ3) is 2.54. The quantitative estimate of drug-likeness (QED) is 0.617. The van der Waals surface area contributed by atoms with E-state index in [0.717, 1.165) is 6.42 Å². The van der Waals surface area contributed by atoms with Crippen molar-refractivity contribution in [2.75, 3.05) is 0 Å². The van der Waals surface area contributed by atoms with Crippen LogP contribution in [0.2, 0.25) is 0 Å². The molecular formula is C12H16. The van der Waals surface area contributed by atoms with Crippen LogP contribution in [0.4, 0.5) is 0 Å². The first-order valence-corrected chi connectivity index (χ1v) is 4.46. The van der Waals surface area contributed by atoms with Gasteiger partial charge < -0.3 is 0 Å². The van der Waals surface area contributed by atoms with Crippen LogP contribution in [0, 0.1) is 6.92 Å². The van der Waals surface area contributed by atoms with Crippen molar-refractivity contribution in [1.82, 2.24) is 0 Å². The van der Waals surface area contributed by atoms with Crippen molar-refractivity contribution in [3.8, 4) is 0 Å². The van der Waals surface area contributed by atoms with Crippen LogP contribution in [0.5, 0.6) is 0 Å². The minimum atomic E-state index is 1.13. The highest BCUT2D eigenvalue weighted by Gasteiger charge is 1.88. The smallest absolute Gasteiger partial charge is 0.0257 e. The molecule has 64 valence electrons. The number of rotatable bonds is 2. The minimum Gasteiger partial charge on any atom is -0.0730 e. The Kier molecular flexibility index (Phi) is 3.09. The van der Waals surface area contributed by atoms with Crippen molar-refractivity contribution in [1.29, 1.82) is 0 Å². The zero-order valence-electron chi connectivity index (χ0n) is 8.09. The molecule has 0 aliphatic carbocycles. The summed E-state index contributed by atoms with van der Waals surface area (Å²) in [7, 11) is 0. The fourth-order valence-electron chi connectivity index (χ4n) is 1.05. The van der Waals surface area contributed by atoms with Gasteiger partial charge >= 0.3 is 0 Å². The summed E-state index contributed by atoms with van der Waals surface area (Å²) in [6.45, 7) is 6.46. The Morgan fingerprint density at radius 3 is 2.33 bits per heavy atom. The molecule has 0 radical (unpaired) electrons. The van der Waals surface area contributed by atoms with E-state index in [-0.39, 0.29) is 0 Å². The largest absolute Gasteiger partial charge is 0.0730 e. The van der Waals surface area contributed by atoms with Gasteiger partial charge in [-0.1, -0.05) is 48.4 Å². The molecule has 1 aromatic rings. The monoisotopic (exact) mass is 160 g/mol. The van der Waals surface area contributed by atoms with E-state index in [1.807, 2.05) is 0 Å². The summed E-state index contributed by atoms with van der Waals surface area (Å²) in [6.07, 6.45) is 3.37. The molecule has 1 rings (SSSR count). The van der Waals surface area contributed by atoms with Crippen molar-refractivity contribution in [3.05, 3.63) is 41.0 Å². The molecule has 0 amide bonds. The molecule has 0 spiro atoms. The second-order valence-electron chi connectivity index (χ2n) is 3.25. The van der Waals surface area contributed by atoms with E-state index in [1.165, 1.54) is 16.7 Å².